The number of carbonyl (C=O) groups excluding carboxylic acids is 2. The fourth-order valence-corrected chi connectivity index (χ4v) is 5.33. The molecule has 1 unspecified atom stereocenters. The topological polar surface area (TPSA) is 67.4 Å². The van der Waals surface area contributed by atoms with Crippen LogP contribution in [-0.4, -0.2) is 11.8 Å². The Kier molecular flexibility index (Phi) is 9.37. The maximum absolute atomic E-state index is 13.5. The Labute approximate surface area is 248 Å². The highest BCUT2D eigenvalue weighted by atomic mass is 35.5. The van der Waals surface area contributed by atoms with Gasteiger partial charge in [0, 0.05) is 21.3 Å². The van der Waals surface area contributed by atoms with Gasteiger partial charge in [0.1, 0.15) is 16.7 Å². The predicted molar refractivity (Wildman–Crippen MR) is 167 cm³/mol. The summed E-state index contributed by atoms with van der Waals surface area (Å²) in [5.41, 5.74) is 3.07. The third-order valence-electron chi connectivity index (χ3n) is 6.09. The van der Waals surface area contributed by atoms with E-state index in [1.807, 2.05) is 121 Å². The van der Waals surface area contributed by atoms with Gasteiger partial charge in [-0.2, -0.15) is 0 Å². The number of carbonyl (C=O) groups is 2. The van der Waals surface area contributed by atoms with Crippen molar-refractivity contribution in [1.82, 2.24) is 0 Å². The zero-order chi connectivity index (χ0) is 28.4. The van der Waals surface area contributed by atoms with Gasteiger partial charge < -0.3 is 15.4 Å². The van der Waals surface area contributed by atoms with Gasteiger partial charge in [0.25, 0.3) is 0 Å². The molecule has 2 N–H and O–H groups in total. The Bertz CT molecular complexity index is 1600. The fraction of sp³-hybridized carbons (Fsp3) is 0.0588. The molecule has 5 aromatic carbocycles. The average Bonchev–Trinajstić information content (AvgIpc) is 2.99. The quantitative estimate of drug-likeness (QED) is 0.162. The van der Waals surface area contributed by atoms with Gasteiger partial charge in [0.2, 0.25) is 11.8 Å². The van der Waals surface area contributed by atoms with Gasteiger partial charge in [0.15, 0.2) is 0 Å². The van der Waals surface area contributed by atoms with Crippen molar-refractivity contribution in [2.24, 2.45) is 0 Å². The number of anilines is 2. The minimum absolute atomic E-state index is 0.133. The molecule has 0 aliphatic rings. The Morgan fingerprint density at radius 3 is 2.05 bits per heavy atom. The molecule has 0 bridgehead atoms. The fourth-order valence-electron chi connectivity index (χ4n) is 4.12. The van der Waals surface area contributed by atoms with E-state index in [-0.39, 0.29) is 18.2 Å². The number of benzene rings is 5. The molecular weight excluding hydrogens is 552 g/mol. The Morgan fingerprint density at radius 1 is 0.683 bits per heavy atom. The lowest BCUT2D eigenvalue weighted by molar-refractivity contribution is -0.116. The lowest BCUT2D eigenvalue weighted by Crippen LogP contribution is -2.19. The summed E-state index contributed by atoms with van der Waals surface area (Å²) in [6.07, 6.45) is 0.235. The van der Waals surface area contributed by atoms with Gasteiger partial charge in [-0.3, -0.25) is 9.59 Å². The molecular formula is C34H27ClN2O3S. The van der Waals surface area contributed by atoms with E-state index in [9.17, 15) is 9.59 Å². The molecule has 7 heteroatoms. The van der Waals surface area contributed by atoms with E-state index in [0.29, 0.717) is 22.1 Å². The maximum atomic E-state index is 13.5. The third-order valence-corrected chi connectivity index (χ3v) is 7.59. The van der Waals surface area contributed by atoms with E-state index in [0.717, 1.165) is 21.8 Å². The van der Waals surface area contributed by atoms with Crippen LogP contribution in [0.25, 0.3) is 0 Å². The molecule has 0 fully saturated rings. The summed E-state index contributed by atoms with van der Waals surface area (Å²) in [5, 5.41) is 6.10. The second-order valence-corrected chi connectivity index (χ2v) is 10.8. The van der Waals surface area contributed by atoms with Crippen molar-refractivity contribution in [1.29, 1.82) is 0 Å². The molecule has 0 aliphatic carbocycles. The zero-order valence-electron chi connectivity index (χ0n) is 22.0. The number of halogens is 1. The summed E-state index contributed by atoms with van der Waals surface area (Å²) in [4.78, 5) is 27.0. The summed E-state index contributed by atoms with van der Waals surface area (Å²) < 4.78 is 5.86. The zero-order valence-corrected chi connectivity index (χ0v) is 23.6. The minimum atomic E-state index is -0.517. The molecule has 0 radical (unpaired) electrons. The molecule has 5 rings (SSSR count). The molecule has 5 nitrogen and oxygen atoms in total. The lowest BCUT2D eigenvalue weighted by Gasteiger charge is -2.18. The molecule has 2 amide bonds. The largest absolute Gasteiger partial charge is 0.457 e. The highest BCUT2D eigenvalue weighted by Gasteiger charge is 2.22. The van der Waals surface area contributed by atoms with Gasteiger partial charge in [-0.15, -0.1) is 11.8 Å². The number of para-hydroxylation sites is 1. The molecule has 0 aliphatic heterocycles. The summed E-state index contributed by atoms with van der Waals surface area (Å²) in [6.45, 7) is 0. The maximum Gasteiger partial charge on any atom is 0.242 e. The van der Waals surface area contributed by atoms with Crippen molar-refractivity contribution in [2.45, 2.75) is 16.6 Å². The van der Waals surface area contributed by atoms with Crippen LogP contribution in [0.3, 0.4) is 0 Å². The van der Waals surface area contributed by atoms with E-state index >= 15 is 0 Å². The number of ether oxygens (including phenoxy) is 1. The van der Waals surface area contributed by atoms with Gasteiger partial charge in [-0.05, 0) is 77.9 Å². The van der Waals surface area contributed by atoms with Gasteiger partial charge in [-0.25, -0.2) is 0 Å². The molecule has 0 saturated carbocycles. The number of thioether (sulfide) groups is 1. The molecule has 41 heavy (non-hydrogen) atoms. The molecule has 1 atom stereocenters. The summed E-state index contributed by atoms with van der Waals surface area (Å²) >= 11 is 7.36. The average molecular weight is 579 g/mol. The van der Waals surface area contributed by atoms with E-state index in [1.165, 1.54) is 11.8 Å². The first-order valence-corrected chi connectivity index (χ1v) is 14.3. The first-order valence-electron chi connectivity index (χ1n) is 13.0. The van der Waals surface area contributed by atoms with Crippen LogP contribution in [0.5, 0.6) is 11.5 Å². The Morgan fingerprint density at radius 2 is 1.34 bits per heavy atom. The second-order valence-electron chi connectivity index (χ2n) is 9.22. The Hall–Kier alpha value is -4.52. The smallest absolute Gasteiger partial charge is 0.242 e. The van der Waals surface area contributed by atoms with Crippen LogP contribution in [0.2, 0.25) is 5.02 Å². The third kappa shape index (κ3) is 8.24. The van der Waals surface area contributed by atoms with Crippen LogP contribution >= 0.6 is 23.4 Å². The van der Waals surface area contributed by atoms with Crippen molar-refractivity contribution < 1.29 is 14.3 Å². The monoisotopic (exact) mass is 578 g/mol. The number of rotatable bonds is 10. The van der Waals surface area contributed by atoms with Crippen LogP contribution in [0.1, 0.15) is 16.4 Å². The standard InChI is InChI=1S/C34H27ClN2O3S/c35-26-16-14-24(15-17-26)22-32(38)36-28-10-7-13-31(23-28)41-33(25-8-3-1-4-9-25)34(39)37-27-18-20-30(21-19-27)40-29-11-5-2-6-12-29/h1-21,23,33H,22H2,(H,36,38)(H,37,39). The van der Waals surface area contributed by atoms with Gasteiger partial charge in [-0.1, -0.05) is 78.3 Å². The highest BCUT2D eigenvalue weighted by Crippen LogP contribution is 2.37. The van der Waals surface area contributed by atoms with Gasteiger partial charge >= 0.3 is 0 Å². The molecule has 0 heterocycles. The normalized spacial score (nSPS) is 11.3. The minimum Gasteiger partial charge on any atom is -0.457 e. The number of hydrogen-bond donors (Lipinski definition) is 2. The van der Waals surface area contributed by atoms with Crippen molar-refractivity contribution in [3.8, 4) is 11.5 Å². The number of nitrogens with one attached hydrogen (secondary N) is 2. The molecule has 0 aromatic heterocycles. The summed E-state index contributed by atoms with van der Waals surface area (Å²) in [5.74, 6) is 1.13. The summed E-state index contributed by atoms with van der Waals surface area (Å²) in [6, 6.07) is 41.2. The van der Waals surface area contributed by atoms with Crippen LogP contribution in [-0.2, 0) is 16.0 Å². The number of amides is 2. The van der Waals surface area contributed by atoms with Crippen LogP contribution in [0.15, 0.2) is 138 Å². The second kappa shape index (κ2) is 13.7. The lowest BCUT2D eigenvalue weighted by atomic mass is 10.1. The van der Waals surface area contributed by atoms with E-state index in [2.05, 4.69) is 10.6 Å². The van der Waals surface area contributed by atoms with Crippen LogP contribution in [0.4, 0.5) is 11.4 Å². The van der Waals surface area contributed by atoms with Crippen molar-refractivity contribution >= 4 is 46.6 Å². The van der Waals surface area contributed by atoms with E-state index < -0.39 is 5.25 Å². The van der Waals surface area contributed by atoms with Crippen molar-refractivity contribution in [3.63, 3.8) is 0 Å². The molecule has 0 spiro atoms. The Balaban J connectivity index is 1.26. The van der Waals surface area contributed by atoms with Crippen LogP contribution in [0, 0.1) is 0 Å². The van der Waals surface area contributed by atoms with Crippen molar-refractivity contribution in [2.75, 3.05) is 10.6 Å². The first-order chi connectivity index (χ1) is 20.0. The van der Waals surface area contributed by atoms with Gasteiger partial charge in [0.05, 0.1) is 6.42 Å². The SMILES string of the molecule is O=C(Cc1ccc(Cl)cc1)Nc1cccc(SC(C(=O)Nc2ccc(Oc3ccccc3)cc2)c2ccccc2)c1. The predicted octanol–water partition coefficient (Wildman–Crippen LogP) is 8.79. The van der Waals surface area contributed by atoms with Crippen molar-refractivity contribution in [3.05, 3.63) is 150 Å². The molecule has 5 aromatic rings. The van der Waals surface area contributed by atoms with E-state index in [1.54, 1.807) is 12.1 Å². The van der Waals surface area contributed by atoms with E-state index in [4.69, 9.17) is 16.3 Å². The molecule has 204 valence electrons. The first kappa shape index (κ1) is 28.0. The highest BCUT2D eigenvalue weighted by molar-refractivity contribution is 8.00. The number of hydrogen-bond acceptors (Lipinski definition) is 4. The molecule has 0 saturated heterocycles. The van der Waals surface area contributed by atoms with Crippen LogP contribution < -0.4 is 15.4 Å². The summed E-state index contributed by atoms with van der Waals surface area (Å²) in [7, 11) is 0.